The van der Waals surface area contributed by atoms with Gasteiger partial charge >= 0.3 is 0 Å². The Labute approximate surface area is 163 Å². The van der Waals surface area contributed by atoms with Gasteiger partial charge in [-0.25, -0.2) is 0 Å². The second-order valence-electron chi connectivity index (χ2n) is 8.52. The van der Waals surface area contributed by atoms with Gasteiger partial charge in [-0.05, 0) is 68.3 Å². The van der Waals surface area contributed by atoms with Crippen LogP contribution in [0.5, 0.6) is 0 Å². The van der Waals surface area contributed by atoms with E-state index in [4.69, 9.17) is 0 Å². The van der Waals surface area contributed by atoms with Crippen molar-refractivity contribution in [3.05, 3.63) is 46.9 Å². The molecule has 4 rings (SSSR count). The zero-order chi connectivity index (χ0) is 19.0. The first-order chi connectivity index (χ1) is 13.2. The van der Waals surface area contributed by atoms with Crippen LogP contribution in [0.3, 0.4) is 0 Å². The third kappa shape index (κ3) is 3.38. The van der Waals surface area contributed by atoms with Gasteiger partial charge in [-0.2, -0.15) is 0 Å². The molecular formula is C24H33N3. The van der Waals surface area contributed by atoms with Crippen LogP contribution in [0.1, 0.15) is 67.8 Å². The van der Waals surface area contributed by atoms with Gasteiger partial charge in [0.1, 0.15) is 0 Å². The topological polar surface area (TPSA) is 40.7 Å². The molecule has 3 heteroatoms. The molecule has 2 aromatic rings. The summed E-state index contributed by atoms with van der Waals surface area (Å²) in [4.78, 5) is 8.28. The van der Waals surface area contributed by atoms with Gasteiger partial charge in [0.25, 0.3) is 0 Å². The Morgan fingerprint density at radius 2 is 2.15 bits per heavy atom. The third-order valence-electron chi connectivity index (χ3n) is 6.93. The summed E-state index contributed by atoms with van der Waals surface area (Å²) < 4.78 is 0. The largest absolute Gasteiger partial charge is 0.357 e. The first kappa shape index (κ1) is 18.5. The normalized spacial score (nSPS) is 25.1. The molecule has 2 fully saturated rings. The minimum atomic E-state index is 0.578. The number of aromatic nitrogens is 2. The van der Waals surface area contributed by atoms with E-state index >= 15 is 0 Å². The van der Waals surface area contributed by atoms with Crippen molar-refractivity contribution in [2.24, 2.45) is 11.8 Å². The molecule has 3 nitrogen and oxygen atoms in total. The molecule has 0 bridgehead atoms. The predicted octanol–water partition coefficient (Wildman–Crippen LogP) is 5.47. The van der Waals surface area contributed by atoms with Gasteiger partial charge in [0.15, 0.2) is 0 Å². The van der Waals surface area contributed by atoms with Crippen molar-refractivity contribution >= 4 is 6.08 Å². The summed E-state index contributed by atoms with van der Waals surface area (Å²) in [6.07, 6.45) is 15.1. The highest BCUT2D eigenvalue weighted by Gasteiger charge is 2.48. The standard InChI is InChI=1S/C24H33N3/c1-5-7-19-15(2)22(27-24(19)21-16(3)23(21)25-4)20-12-13-26-14-18(20)11-10-17-8-6-9-17/h5,7,12-14,16-17,21,23,25,27H,6,8-11H2,1-4H3/b7-5-. The summed E-state index contributed by atoms with van der Waals surface area (Å²) in [5.74, 6) is 2.19. The molecule has 0 amide bonds. The Morgan fingerprint density at radius 1 is 1.33 bits per heavy atom. The van der Waals surface area contributed by atoms with Gasteiger partial charge in [0.2, 0.25) is 0 Å². The molecule has 3 atom stereocenters. The van der Waals surface area contributed by atoms with E-state index in [1.807, 2.05) is 6.20 Å². The summed E-state index contributed by atoms with van der Waals surface area (Å²) in [5.41, 5.74) is 8.17. The van der Waals surface area contributed by atoms with Gasteiger partial charge < -0.3 is 10.3 Å². The lowest BCUT2D eigenvalue weighted by Gasteiger charge is -2.25. The summed E-state index contributed by atoms with van der Waals surface area (Å²) >= 11 is 0. The third-order valence-corrected chi connectivity index (χ3v) is 6.93. The van der Waals surface area contributed by atoms with Crippen LogP contribution in [0.4, 0.5) is 0 Å². The molecular weight excluding hydrogens is 330 g/mol. The fourth-order valence-electron chi connectivity index (χ4n) is 4.91. The van der Waals surface area contributed by atoms with Crippen molar-refractivity contribution < 1.29 is 0 Å². The van der Waals surface area contributed by atoms with Crippen molar-refractivity contribution in [1.29, 1.82) is 0 Å². The van der Waals surface area contributed by atoms with E-state index in [9.17, 15) is 0 Å². The number of pyridine rings is 1. The number of likely N-dealkylation sites (N-methyl/N-ethyl adjacent to an activating group) is 1. The maximum atomic E-state index is 4.43. The van der Waals surface area contributed by atoms with Crippen LogP contribution < -0.4 is 5.32 Å². The van der Waals surface area contributed by atoms with Gasteiger partial charge in [-0.15, -0.1) is 0 Å². The fraction of sp³-hybridized carbons (Fsp3) is 0.542. The SMILES string of the molecule is C/C=C\c1c(C2C(C)C2NC)[nH]c(-c2ccncc2CCC2CCC2)c1C. The highest BCUT2D eigenvalue weighted by molar-refractivity contribution is 5.74. The van der Waals surface area contributed by atoms with E-state index in [0.29, 0.717) is 17.9 Å². The number of allylic oxidation sites excluding steroid dienone is 1. The van der Waals surface area contributed by atoms with Crippen LogP contribution in [0.15, 0.2) is 24.5 Å². The number of nitrogens with zero attached hydrogens (tertiary/aromatic N) is 1. The molecule has 3 unspecified atom stereocenters. The molecule has 0 saturated heterocycles. The Bertz CT molecular complexity index is 828. The summed E-state index contributed by atoms with van der Waals surface area (Å²) in [7, 11) is 2.08. The van der Waals surface area contributed by atoms with E-state index in [-0.39, 0.29) is 0 Å². The number of hydrogen-bond acceptors (Lipinski definition) is 2. The van der Waals surface area contributed by atoms with Crippen molar-refractivity contribution in [2.45, 2.75) is 64.8 Å². The average Bonchev–Trinajstić information content (AvgIpc) is 3.18. The Morgan fingerprint density at radius 3 is 2.78 bits per heavy atom. The van der Waals surface area contributed by atoms with E-state index in [1.54, 1.807) is 0 Å². The van der Waals surface area contributed by atoms with Crippen LogP contribution in [-0.4, -0.2) is 23.1 Å². The zero-order valence-electron chi connectivity index (χ0n) is 17.2. The Hall–Kier alpha value is -1.87. The second kappa shape index (κ2) is 7.63. The predicted molar refractivity (Wildman–Crippen MR) is 114 cm³/mol. The fourth-order valence-corrected chi connectivity index (χ4v) is 4.91. The van der Waals surface area contributed by atoms with Gasteiger partial charge in [-0.1, -0.05) is 38.3 Å². The number of hydrogen-bond donors (Lipinski definition) is 2. The van der Waals surface area contributed by atoms with E-state index < -0.39 is 0 Å². The molecule has 0 aliphatic heterocycles. The molecule has 2 aliphatic rings. The molecule has 144 valence electrons. The minimum Gasteiger partial charge on any atom is -0.357 e. The Kier molecular flexibility index (Phi) is 5.23. The lowest BCUT2D eigenvalue weighted by molar-refractivity contribution is 0.296. The number of aromatic amines is 1. The van der Waals surface area contributed by atoms with Crippen LogP contribution in [0.25, 0.3) is 17.3 Å². The lowest BCUT2D eigenvalue weighted by Crippen LogP contribution is -2.12. The van der Waals surface area contributed by atoms with Crippen molar-refractivity contribution in [3.63, 3.8) is 0 Å². The van der Waals surface area contributed by atoms with Crippen LogP contribution in [0.2, 0.25) is 0 Å². The van der Waals surface area contributed by atoms with E-state index in [0.717, 1.165) is 12.3 Å². The smallest absolute Gasteiger partial charge is 0.0495 e. The van der Waals surface area contributed by atoms with Crippen molar-refractivity contribution in [1.82, 2.24) is 15.3 Å². The molecule has 2 N–H and O–H groups in total. The maximum absolute atomic E-state index is 4.43. The molecule has 2 saturated carbocycles. The molecule has 2 aliphatic carbocycles. The first-order valence-corrected chi connectivity index (χ1v) is 10.6. The molecule has 0 aromatic carbocycles. The molecule has 2 aromatic heterocycles. The average molecular weight is 364 g/mol. The highest BCUT2D eigenvalue weighted by atomic mass is 15.0. The van der Waals surface area contributed by atoms with Gasteiger partial charge in [0, 0.05) is 41.3 Å². The molecule has 2 heterocycles. The van der Waals surface area contributed by atoms with Crippen molar-refractivity contribution in [2.75, 3.05) is 7.05 Å². The molecule has 27 heavy (non-hydrogen) atoms. The lowest BCUT2D eigenvalue weighted by atomic mass is 9.81. The summed E-state index contributed by atoms with van der Waals surface area (Å²) in [6, 6.07) is 2.78. The van der Waals surface area contributed by atoms with Gasteiger partial charge in [-0.3, -0.25) is 4.98 Å². The number of H-pyrrole nitrogens is 1. The Balaban J connectivity index is 1.70. The summed E-state index contributed by atoms with van der Waals surface area (Å²) in [5, 5.41) is 3.48. The van der Waals surface area contributed by atoms with Crippen LogP contribution in [0, 0.1) is 18.8 Å². The highest BCUT2D eigenvalue weighted by Crippen LogP contribution is 2.50. The second-order valence-corrected chi connectivity index (χ2v) is 8.52. The van der Waals surface area contributed by atoms with E-state index in [2.05, 4.69) is 67.5 Å². The quantitative estimate of drug-likeness (QED) is 0.684. The zero-order valence-corrected chi connectivity index (χ0v) is 17.2. The number of aryl methyl sites for hydroxylation is 1. The van der Waals surface area contributed by atoms with Crippen molar-refractivity contribution in [3.8, 4) is 11.3 Å². The molecule has 0 radical (unpaired) electrons. The van der Waals surface area contributed by atoms with Crippen LogP contribution in [-0.2, 0) is 6.42 Å². The first-order valence-electron chi connectivity index (χ1n) is 10.6. The van der Waals surface area contributed by atoms with Crippen LogP contribution >= 0.6 is 0 Å². The summed E-state index contributed by atoms with van der Waals surface area (Å²) in [6.45, 7) is 6.72. The number of rotatable bonds is 7. The monoisotopic (exact) mass is 363 g/mol. The maximum Gasteiger partial charge on any atom is 0.0495 e. The van der Waals surface area contributed by atoms with Gasteiger partial charge in [0.05, 0.1) is 0 Å². The van der Waals surface area contributed by atoms with E-state index in [1.165, 1.54) is 59.3 Å². The number of nitrogens with one attached hydrogen (secondary N) is 2. The molecule has 0 spiro atoms. The minimum absolute atomic E-state index is 0.578.